The first-order valence-electron chi connectivity index (χ1n) is 12.1. The van der Waals surface area contributed by atoms with Gasteiger partial charge in [-0.05, 0) is 49.4 Å². The third kappa shape index (κ3) is 5.38. The Kier molecular flexibility index (Phi) is 7.46. The summed E-state index contributed by atoms with van der Waals surface area (Å²) >= 11 is 0. The van der Waals surface area contributed by atoms with Gasteiger partial charge in [0, 0.05) is 31.7 Å². The van der Waals surface area contributed by atoms with Crippen molar-refractivity contribution >= 4 is 22.7 Å². The van der Waals surface area contributed by atoms with Gasteiger partial charge in [-0.3, -0.25) is 14.6 Å². The molecule has 1 atom stereocenters. The maximum absolute atomic E-state index is 13.8. The molecule has 34 heavy (non-hydrogen) atoms. The zero-order valence-corrected chi connectivity index (χ0v) is 20.2. The number of carbonyl (C=O) groups excluding carboxylic acids is 2. The van der Waals surface area contributed by atoms with Crippen molar-refractivity contribution < 1.29 is 14.3 Å². The predicted molar refractivity (Wildman–Crippen MR) is 134 cm³/mol. The van der Waals surface area contributed by atoms with Crippen molar-refractivity contribution in [1.82, 2.24) is 14.8 Å². The van der Waals surface area contributed by atoms with Gasteiger partial charge in [0.05, 0.1) is 22.7 Å². The topological polar surface area (TPSA) is 62.7 Å². The third-order valence-corrected chi connectivity index (χ3v) is 6.32. The van der Waals surface area contributed by atoms with Gasteiger partial charge in [0.2, 0.25) is 0 Å². The number of fused-ring (bicyclic) bond motifs is 2. The van der Waals surface area contributed by atoms with E-state index in [0.29, 0.717) is 42.5 Å². The van der Waals surface area contributed by atoms with Crippen molar-refractivity contribution in [3.05, 3.63) is 71.9 Å². The molecule has 1 aliphatic heterocycles. The van der Waals surface area contributed by atoms with E-state index >= 15 is 0 Å². The molecule has 0 spiro atoms. The molecule has 2 aromatic carbocycles. The van der Waals surface area contributed by atoms with Gasteiger partial charge in [0.1, 0.15) is 12.4 Å². The summed E-state index contributed by atoms with van der Waals surface area (Å²) in [7, 11) is 1.82. The number of hydrogen-bond acceptors (Lipinski definition) is 4. The number of benzene rings is 2. The highest BCUT2D eigenvalue weighted by atomic mass is 16.5. The molecule has 0 saturated heterocycles. The van der Waals surface area contributed by atoms with Crippen LogP contribution in [0.4, 0.5) is 0 Å². The van der Waals surface area contributed by atoms with Crippen LogP contribution in [-0.2, 0) is 0 Å². The largest absolute Gasteiger partial charge is 0.491 e. The van der Waals surface area contributed by atoms with Gasteiger partial charge in [-0.2, -0.15) is 0 Å². The third-order valence-electron chi connectivity index (χ3n) is 6.32. The number of para-hydroxylation sites is 2. The predicted octanol–water partition coefficient (Wildman–Crippen LogP) is 5.04. The standard InChI is InChI=1S/C28H33N3O3/c1-20(2)16-23-19-34-26-13-7-5-11-24(26)28(33)30(3)14-8-9-15-31(23)27(32)22-17-21-10-4-6-12-25(21)29-18-22/h4-7,10-13,17-18,20,23H,8-9,14-16,19H2,1-3H3/t23-/m0/s1. The fourth-order valence-corrected chi connectivity index (χ4v) is 4.53. The molecule has 0 bridgehead atoms. The van der Waals surface area contributed by atoms with Gasteiger partial charge in [-0.1, -0.05) is 44.2 Å². The van der Waals surface area contributed by atoms with Crippen molar-refractivity contribution in [2.24, 2.45) is 5.92 Å². The molecule has 2 amide bonds. The summed E-state index contributed by atoms with van der Waals surface area (Å²) in [5.41, 5.74) is 2.02. The molecule has 6 nitrogen and oxygen atoms in total. The molecule has 0 fully saturated rings. The molecule has 4 rings (SSSR count). The van der Waals surface area contributed by atoms with Crippen molar-refractivity contribution in [2.45, 2.75) is 39.2 Å². The lowest BCUT2D eigenvalue weighted by atomic mass is 10.0. The van der Waals surface area contributed by atoms with E-state index in [4.69, 9.17) is 4.74 Å². The minimum atomic E-state index is -0.112. The van der Waals surface area contributed by atoms with E-state index in [9.17, 15) is 9.59 Å². The van der Waals surface area contributed by atoms with E-state index in [1.165, 1.54) is 0 Å². The van der Waals surface area contributed by atoms with Gasteiger partial charge in [-0.25, -0.2) is 0 Å². The smallest absolute Gasteiger partial charge is 0.257 e. The van der Waals surface area contributed by atoms with Crippen LogP contribution in [0.5, 0.6) is 5.75 Å². The number of carbonyl (C=O) groups is 2. The Balaban J connectivity index is 1.67. The van der Waals surface area contributed by atoms with Gasteiger partial charge >= 0.3 is 0 Å². The fourth-order valence-electron chi connectivity index (χ4n) is 4.53. The average Bonchev–Trinajstić information content (AvgIpc) is 2.85. The first kappa shape index (κ1) is 23.7. The summed E-state index contributed by atoms with van der Waals surface area (Å²) in [5.74, 6) is 0.886. The number of nitrogens with zero attached hydrogens (tertiary/aromatic N) is 3. The number of pyridine rings is 1. The van der Waals surface area contributed by atoms with Crippen LogP contribution >= 0.6 is 0 Å². The fraction of sp³-hybridized carbons (Fsp3) is 0.393. The van der Waals surface area contributed by atoms with Gasteiger partial charge in [-0.15, -0.1) is 0 Å². The molecular weight excluding hydrogens is 426 g/mol. The number of rotatable bonds is 3. The summed E-state index contributed by atoms with van der Waals surface area (Å²) in [6, 6.07) is 17.0. The number of amides is 2. The monoisotopic (exact) mass is 459 g/mol. The van der Waals surface area contributed by atoms with Gasteiger partial charge in [0.15, 0.2) is 0 Å². The number of hydrogen-bond donors (Lipinski definition) is 0. The number of ether oxygens (including phenoxy) is 1. The van der Waals surface area contributed by atoms with E-state index < -0.39 is 0 Å². The molecule has 178 valence electrons. The molecule has 0 aliphatic carbocycles. The lowest BCUT2D eigenvalue weighted by Crippen LogP contribution is -2.45. The lowest BCUT2D eigenvalue weighted by molar-refractivity contribution is 0.0559. The second-order valence-electron chi connectivity index (χ2n) is 9.44. The molecule has 1 aliphatic rings. The highest BCUT2D eigenvalue weighted by Crippen LogP contribution is 2.24. The summed E-state index contributed by atoms with van der Waals surface area (Å²) in [6.45, 7) is 5.88. The molecule has 1 aromatic heterocycles. The normalized spacial score (nSPS) is 17.6. The van der Waals surface area contributed by atoms with E-state index in [1.807, 2.05) is 60.5 Å². The Morgan fingerprint density at radius 3 is 2.65 bits per heavy atom. The molecular formula is C28H33N3O3. The van der Waals surface area contributed by atoms with Crippen molar-refractivity contribution in [1.29, 1.82) is 0 Å². The lowest BCUT2D eigenvalue weighted by Gasteiger charge is -2.34. The summed E-state index contributed by atoms with van der Waals surface area (Å²) in [4.78, 5) is 34.9. The minimum absolute atomic E-state index is 0.0257. The highest BCUT2D eigenvalue weighted by Gasteiger charge is 2.28. The summed E-state index contributed by atoms with van der Waals surface area (Å²) in [5, 5.41) is 0.952. The van der Waals surface area contributed by atoms with Crippen LogP contribution in [-0.4, -0.2) is 59.4 Å². The Bertz CT molecular complexity index is 1160. The SMILES string of the molecule is CC(C)C[C@H]1COc2ccccc2C(=O)N(C)CCCCN1C(=O)c1cnc2ccccc2c1. The Morgan fingerprint density at radius 2 is 1.82 bits per heavy atom. The zero-order chi connectivity index (χ0) is 24.1. The van der Waals surface area contributed by atoms with Crippen molar-refractivity contribution in [3.8, 4) is 5.75 Å². The first-order valence-corrected chi connectivity index (χ1v) is 12.1. The Labute approximate surface area is 201 Å². The molecule has 0 N–H and O–H groups in total. The Morgan fingerprint density at radius 1 is 1.09 bits per heavy atom. The molecule has 2 heterocycles. The molecule has 6 heteroatoms. The molecule has 3 aromatic rings. The maximum Gasteiger partial charge on any atom is 0.257 e. The summed E-state index contributed by atoms with van der Waals surface area (Å²) in [6.07, 6.45) is 4.11. The quantitative estimate of drug-likeness (QED) is 0.551. The van der Waals surface area contributed by atoms with Crippen LogP contribution in [0.25, 0.3) is 10.9 Å². The van der Waals surface area contributed by atoms with E-state index in [-0.39, 0.29) is 17.9 Å². The highest BCUT2D eigenvalue weighted by molar-refractivity contribution is 5.98. The van der Waals surface area contributed by atoms with Crippen LogP contribution in [0, 0.1) is 5.92 Å². The van der Waals surface area contributed by atoms with Gasteiger partial charge < -0.3 is 14.5 Å². The maximum atomic E-state index is 13.8. The van der Waals surface area contributed by atoms with Crippen LogP contribution < -0.4 is 4.74 Å². The second kappa shape index (κ2) is 10.7. The number of aromatic nitrogens is 1. The van der Waals surface area contributed by atoms with E-state index in [0.717, 1.165) is 30.2 Å². The molecule has 0 saturated carbocycles. The van der Waals surface area contributed by atoms with E-state index in [1.54, 1.807) is 17.2 Å². The zero-order valence-electron chi connectivity index (χ0n) is 20.2. The van der Waals surface area contributed by atoms with Gasteiger partial charge in [0.25, 0.3) is 11.8 Å². The van der Waals surface area contributed by atoms with Crippen LogP contribution in [0.1, 0.15) is 53.8 Å². The first-order chi connectivity index (χ1) is 16.4. The van der Waals surface area contributed by atoms with Crippen molar-refractivity contribution in [3.63, 3.8) is 0 Å². The molecule has 0 unspecified atom stereocenters. The molecule has 0 radical (unpaired) electrons. The van der Waals surface area contributed by atoms with E-state index in [2.05, 4.69) is 18.8 Å². The minimum Gasteiger partial charge on any atom is -0.491 e. The Hall–Kier alpha value is -3.41. The van der Waals surface area contributed by atoms with Crippen molar-refractivity contribution in [2.75, 3.05) is 26.7 Å². The average molecular weight is 460 g/mol. The van der Waals surface area contributed by atoms with Crippen LogP contribution in [0.3, 0.4) is 0 Å². The van der Waals surface area contributed by atoms with Crippen LogP contribution in [0.2, 0.25) is 0 Å². The second-order valence-corrected chi connectivity index (χ2v) is 9.44. The van der Waals surface area contributed by atoms with Crippen LogP contribution in [0.15, 0.2) is 60.8 Å². The summed E-state index contributed by atoms with van der Waals surface area (Å²) < 4.78 is 6.22.